The Hall–Kier alpha value is -3.29. The summed E-state index contributed by atoms with van der Waals surface area (Å²) in [6, 6.07) is 5.28. The number of nitrogen functional groups attached to an aromatic ring is 1. The lowest BCUT2D eigenvalue weighted by Crippen LogP contribution is -2.31. The van der Waals surface area contributed by atoms with E-state index in [1.54, 1.807) is 24.3 Å². The number of ether oxygens (including phenoxy) is 2. The Balaban J connectivity index is 2.09. The van der Waals surface area contributed by atoms with Crippen molar-refractivity contribution in [2.45, 2.75) is 12.3 Å². The van der Waals surface area contributed by atoms with Gasteiger partial charge >= 0.3 is 0 Å². The number of hydrogen-bond acceptors (Lipinski definition) is 6. The molecule has 0 aliphatic carbocycles. The van der Waals surface area contributed by atoms with Gasteiger partial charge in [0.1, 0.15) is 12.4 Å². The number of methoxy groups -OCH3 is 1. The molecule has 0 saturated carbocycles. The van der Waals surface area contributed by atoms with E-state index in [9.17, 15) is 9.59 Å². The lowest BCUT2D eigenvalue weighted by atomic mass is 9.86. The van der Waals surface area contributed by atoms with E-state index in [0.29, 0.717) is 23.7 Å². The fourth-order valence-electron chi connectivity index (χ4n) is 2.84. The summed E-state index contributed by atoms with van der Waals surface area (Å²) < 4.78 is 10.9. The van der Waals surface area contributed by atoms with Crippen LogP contribution in [0, 0.1) is 0 Å². The van der Waals surface area contributed by atoms with Crippen molar-refractivity contribution in [3.63, 3.8) is 0 Å². The fourth-order valence-corrected chi connectivity index (χ4v) is 2.84. The van der Waals surface area contributed by atoms with Crippen LogP contribution in [0.1, 0.15) is 23.5 Å². The van der Waals surface area contributed by atoms with Gasteiger partial charge in [-0.3, -0.25) is 14.6 Å². The van der Waals surface area contributed by atoms with Crippen molar-refractivity contribution in [2.75, 3.05) is 24.8 Å². The fraction of sp³-hybridized carbons (Fsp3) is 0.235. The number of nitrogens with two attached hydrogens (primary N) is 1. The van der Waals surface area contributed by atoms with Crippen LogP contribution in [-0.2, 0) is 4.79 Å². The number of amides is 1. The number of nitrogens with one attached hydrogen (secondary N) is 2. The molecule has 1 aliphatic heterocycles. The van der Waals surface area contributed by atoms with E-state index in [1.165, 1.54) is 7.11 Å². The van der Waals surface area contributed by atoms with Crippen LogP contribution in [0.3, 0.4) is 0 Å². The number of nitrogens with zero attached hydrogens (tertiary/aromatic N) is 1. The zero-order valence-corrected chi connectivity index (χ0v) is 13.7. The quantitative estimate of drug-likeness (QED) is 0.707. The summed E-state index contributed by atoms with van der Waals surface area (Å²) in [6.07, 6.45) is 1.74. The van der Waals surface area contributed by atoms with Gasteiger partial charge in [0.05, 0.1) is 12.7 Å². The van der Waals surface area contributed by atoms with Crippen molar-refractivity contribution in [3.05, 3.63) is 52.3 Å². The predicted octanol–water partition coefficient (Wildman–Crippen LogP) is 1.40. The third-order valence-corrected chi connectivity index (χ3v) is 3.92. The summed E-state index contributed by atoms with van der Waals surface area (Å²) in [7, 11) is 1.54. The number of H-pyrrole nitrogens is 1. The minimum absolute atomic E-state index is 0.0468. The second-order valence-corrected chi connectivity index (χ2v) is 5.53. The van der Waals surface area contributed by atoms with Crippen LogP contribution in [-0.4, -0.2) is 29.6 Å². The van der Waals surface area contributed by atoms with E-state index in [2.05, 4.69) is 21.9 Å². The molecule has 0 fully saturated rings. The highest BCUT2D eigenvalue weighted by molar-refractivity contribution is 5.94. The maximum absolute atomic E-state index is 12.4. The zero-order valence-electron chi connectivity index (χ0n) is 13.7. The number of rotatable bonds is 5. The topological polar surface area (TPSA) is 119 Å². The zero-order chi connectivity index (χ0) is 18.0. The molecule has 1 atom stereocenters. The molecule has 130 valence electrons. The van der Waals surface area contributed by atoms with Gasteiger partial charge in [-0.15, -0.1) is 0 Å². The summed E-state index contributed by atoms with van der Waals surface area (Å²) in [5.74, 6) is 0.501. The summed E-state index contributed by atoms with van der Waals surface area (Å²) >= 11 is 0. The van der Waals surface area contributed by atoms with Gasteiger partial charge < -0.3 is 20.5 Å². The maximum atomic E-state index is 12.4. The maximum Gasteiger partial charge on any atom is 0.258 e. The first-order valence-electron chi connectivity index (χ1n) is 7.64. The number of aromatic nitrogens is 2. The first-order valence-corrected chi connectivity index (χ1v) is 7.64. The van der Waals surface area contributed by atoms with E-state index < -0.39 is 5.92 Å². The number of carbonyl (C=O) groups excluding carboxylic acids is 1. The second kappa shape index (κ2) is 6.68. The lowest BCUT2D eigenvalue weighted by molar-refractivity contribution is -0.116. The number of aromatic amines is 1. The summed E-state index contributed by atoms with van der Waals surface area (Å²) in [5.41, 5.74) is 6.30. The van der Waals surface area contributed by atoms with E-state index in [4.69, 9.17) is 15.2 Å². The highest BCUT2D eigenvalue weighted by Crippen LogP contribution is 2.38. The highest BCUT2D eigenvalue weighted by atomic mass is 16.5. The van der Waals surface area contributed by atoms with Crippen molar-refractivity contribution < 1.29 is 14.3 Å². The standard InChI is InChI=1S/C17H18N4O4/c1-3-6-25-12-7-9(4-5-11(12)24-2)10-8-13(22)19-15-14(10)16(23)21-17(18)20-15/h3-5,7,10H,1,6,8H2,2H3,(H4,18,19,20,21,22,23). The van der Waals surface area contributed by atoms with E-state index in [0.717, 1.165) is 5.56 Å². The molecule has 3 rings (SSSR count). The Morgan fingerprint density at radius 3 is 2.92 bits per heavy atom. The van der Waals surface area contributed by atoms with Crippen LogP contribution in [0.15, 0.2) is 35.6 Å². The van der Waals surface area contributed by atoms with Crippen LogP contribution >= 0.6 is 0 Å². The van der Waals surface area contributed by atoms with Gasteiger partial charge in [-0.2, -0.15) is 4.98 Å². The molecule has 1 aliphatic rings. The van der Waals surface area contributed by atoms with E-state index in [-0.39, 0.29) is 29.7 Å². The van der Waals surface area contributed by atoms with Crippen LogP contribution in [0.25, 0.3) is 0 Å². The first kappa shape index (κ1) is 16.6. The third kappa shape index (κ3) is 3.18. The average molecular weight is 342 g/mol. The van der Waals surface area contributed by atoms with Gasteiger partial charge in [-0.1, -0.05) is 18.7 Å². The number of carbonyl (C=O) groups is 1. The van der Waals surface area contributed by atoms with Gasteiger partial charge in [-0.25, -0.2) is 0 Å². The van der Waals surface area contributed by atoms with Crippen molar-refractivity contribution in [1.82, 2.24) is 9.97 Å². The predicted molar refractivity (Wildman–Crippen MR) is 93.0 cm³/mol. The number of benzene rings is 1. The molecule has 0 saturated heterocycles. The number of anilines is 2. The Labute approximate surface area is 143 Å². The molecule has 2 heterocycles. The minimum atomic E-state index is -0.461. The van der Waals surface area contributed by atoms with Crippen LogP contribution in [0.4, 0.5) is 11.8 Å². The van der Waals surface area contributed by atoms with Crippen LogP contribution in [0.5, 0.6) is 11.5 Å². The van der Waals surface area contributed by atoms with E-state index >= 15 is 0 Å². The molecule has 4 N–H and O–H groups in total. The SMILES string of the molecule is C=CCOc1cc(C2CC(=O)Nc3nc(N)[nH]c(=O)c32)ccc1OC. The van der Waals surface area contributed by atoms with Gasteiger partial charge in [0.2, 0.25) is 11.9 Å². The van der Waals surface area contributed by atoms with Crippen LogP contribution in [0.2, 0.25) is 0 Å². The molecule has 25 heavy (non-hydrogen) atoms. The molecule has 0 radical (unpaired) electrons. The molecular formula is C17H18N4O4. The summed E-state index contributed by atoms with van der Waals surface area (Å²) in [4.78, 5) is 30.9. The molecule has 1 aromatic carbocycles. The Morgan fingerprint density at radius 2 is 2.20 bits per heavy atom. The van der Waals surface area contributed by atoms with Crippen LogP contribution < -0.4 is 26.1 Å². The Bertz CT molecular complexity index is 891. The normalized spacial score (nSPS) is 15.9. The number of hydrogen-bond donors (Lipinski definition) is 3. The summed E-state index contributed by atoms with van der Waals surface area (Å²) in [6.45, 7) is 3.92. The molecule has 1 aromatic heterocycles. The van der Waals surface area contributed by atoms with E-state index in [1.807, 2.05) is 0 Å². The molecule has 8 heteroatoms. The Kier molecular flexibility index (Phi) is 4.42. The molecule has 0 bridgehead atoms. The number of fused-ring (bicyclic) bond motifs is 1. The van der Waals surface area contributed by atoms with Crippen molar-refractivity contribution >= 4 is 17.7 Å². The molecule has 2 aromatic rings. The molecule has 0 spiro atoms. The lowest BCUT2D eigenvalue weighted by Gasteiger charge is -2.25. The molecular weight excluding hydrogens is 324 g/mol. The second-order valence-electron chi connectivity index (χ2n) is 5.53. The highest BCUT2D eigenvalue weighted by Gasteiger charge is 2.31. The summed E-state index contributed by atoms with van der Waals surface area (Å²) in [5, 5.41) is 2.59. The van der Waals surface area contributed by atoms with Crippen molar-refractivity contribution in [2.24, 2.45) is 0 Å². The van der Waals surface area contributed by atoms with Gasteiger partial charge in [-0.05, 0) is 17.7 Å². The monoisotopic (exact) mass is 342 g/mol. The average Bonchev–Trinajstić information content (AvgIpc) is 2.58. The van der Waals surface area contributed by atoms with Crippen molar-refractivity contribution in [3.8, 4) is 11.5 Å². The molecule has 1 amide bonds. The van der Waals surface area contributed by atoms with Gasteiger partial charge in [0.25, 0.3) is 5.56 Å². The third-order valence-electron chi connectivity index (χ3n) is 3.92. The largest absolute Gasteiger partial charge is 0.493 e. The smallest absolute Gasteiger partial charge is 0.258 e. The molecule has 8 nitrogen and oxygen atoms in total. The first-order chi connectivity index (χ1) is 12.0. The molecule has 1 unspecified atom stereocenters. The van der Waals surface area contributed by atoms with Crippen molar-refractivity contribution in [1.29, 1.82) is 0 Å². The Morgan fingerprint density at radius 1 is 1.40 bits per heavy atom. The minimum Gasteiger partial charge on any atom is -0.493 e. The van der Waals surface area contributed by atoms with Gasteiger partial charge in [0.15, 0.2) is 11.5 Å². The van der Waals surface area contributed by atoms with Gasteiger partial charge in [0, 0.05) is 12.3 Å².